The van der Waals surface area contributed by atoms with Gasteiger partial charge in [-0.05, 0) is 66.6 Å². The van der Waals surface area contributed by atoms with E-state index in [1.54, 1.807) is 31.2 Å². The minimum atomic E-state index is -1.79. The van der Waals surface area contributed by atoms with Crippen molar-refractivity contribution in [2.45, 2.75) is 18.3 Å². The van der Waals surface area contributed by atoms with Gasteiger partial charge in [-0.1, -0.05) is 59.1 Å². The van der Waals surface area contributed by atoms with Gasteiger partial charge in [-0.3, -0.25) is 0 Å². The molecule has 1 fully saturated rings. The van der Waals surface area contributed by atoms with E-state index in [0.717, 1.165) is 11.1 Å². The fraction of sp³-hybridized carbons (Fsp3) is 0.240. The Morgan fingerprint density at radius 2 is 1.15 bits per heavy atom. The first-order valence-corrected chi connectivity index (χ1v) is 11.4. The fourth-order valence-electron chi connectivity index (χ4n) is 3.75. The molecular weight excluding hydrogens is 487 g/mol. The van der Waals surface area contributed by atoms with Crippen LogP contribution < -0.4 is 0 Å². The molecule has 5 nitrogen and oxygen atoms in total. The highest BCUT2D eigenvalue weighted by Crippen LogP contribution is 2.44. The second-order valence-corrected chi connectivity index (χ2v) is 8.83. The van der Waals surface area contributed by atoms with E-state index in [4.69, 9.17) is 53.8 Å². The second kappa shape index (κ2) is 9.92. The van der Waals surface area contributed by atoms with E-state index in [1.165, 1.54) is 0 Å². The Balaban J connectivity index is 1.74. The maximum atomic E-state index is 12.3. The van der Waals surface area contributed by atoms with E-state index in [1.807, 2.05) is 48.5 Å². The molecule has 0 saturated carbocycles. The van der Waals surface area contributed by atoms with Gasteiger partial charge < -0.3 is 18.9 Å². The molecule has 0 atom stereocenters. The first-order valence-electron chi connectivity index (χ1n) is 10.3. The van der Waals surface area contributed by atoms with Crippen LogP contribution in [0.1, 0.15) is 23.6 Å². The van der Waals surface area contributed by atoms with Gasteiger partial charge in [0.1, 0.15) is 0 Å². The molecule has 3 aromatic carbocycles. The zero-order chi connectivity index (χ0) is 23.5. The quantitative estimate of drug-likeness (QED) is 0.349. The molecule has 1 heterocycles. The Bertz CT molecular complexity index is 1040. The van der Waals surface area contributed by atoms with Crippen LogP contribution in [0, 0.1) is 0 Å². The molecule has 0 unspecified atom stereocenters. The molecule has 0 aliphatic carbocycles. The van der Waals surface area contributed by atoms with Crippen molar-refractivity contribution in [3.05, 3.63) is 105 Å². The average molecular weight is 508 g/mol. The minimum Gasteiger partial charge on any atom is -0.434 e. The molecule has 0 spiro atoms. The highest BCUT2D eigenvalue weighted by Gasteiger charge is 2.51. The number of benzene rings is 3. The van der Waals surface area contributed by atoms with Crippen molar-refractivity contribution >= 4 is 41.0 Å². The Kier molecular flexibility index (Phi) is 7.17. The van der Waals surface area contributed by atoms with E-state index >= 15 is 0 Å². The lowest BCUT2D eigenvalue weighted by Gasteiger charge is -2.45. The molecule has 4 rings (SSSR count). The third-order valence-electron chi connectivity index (χ3n) is 5.49. The van der Waals surface area contributed by atoms with E-state index in [0.29, 0.717) is 20.6 Å². The Hall–Kier alpha value is -2.28. The first-order chi connectivity index (χ1) is 15.9. The Morgan fingerprint density at radius 3 is 1.55 bits per heavy atom. The van der Waals surface area contributed by atoms with Crippen molar-refractivity contribution in [1.82, 2.24) is 0 Å². The first kappa shape index (κ1) is 23.9. The molecular formula is C25H21Cl3O5. The summed E-state index contributed by atoms with van der Waals surface area (Å²) in [5.74, 6) is -1.79. The predicted molar refractivity (Wildman–Crippen MR) is 127 cm³/mol. The van der Waals surface area contributed by atoms with Crippen LogP contribution >= 0.6 is 34.8 Å². The highest BCUT2D eigenvalue weighted by molar-refractivity contribution is 6.31. The number of halogens is 3. The highest BCUT2D eigenvalue weighted by atomic mass is 35.5. The van der Waals surface area contributed by atoms with Crippen LogP contribution in [0.4, 0.5) is 4.79 Å². The molecule has 0 aromatic heterocycles. The average Bonchev–Trinajstić information content (AvgIpc) is 2.81. The molecule has 3 aromatic rings. The van der Waals surface area contributed by atoms with Gasteiger partial charge in [0.05, 0.1) is 30.8 Å². The van der Waals surface area contributed by atoms with Crippen molar-refractivity contribution < 1.29 is 23.7 Å². The lowest BCUT2D eigenvalue weighted by molar-refractivity contribution is -0.403. The van der Waals surface area contributed by atoms with Crippen LogP contribution in [0.15, 0.2) is 72.8 Å². The van der Waals surface area contributed by atoms with Crippen molar-refractivity contribution in [1.29, 1.82) is 0 Å². The van der Waals surface area contributed by atoms with Gasteiger partial charge in [0.25, 0.3) is 0 Å². The third kappa shape index (κ3) is 4.98. The molecule has 1 saturated heterocycles. The molecule has 0 bridgehead atoms. The Morgan fingerprint density at radius 1 is 0.758 bits per heavy atom. The second-order valence-electron chi connectivity index (χ2n) is 7.52. The minimum absolute atomic E-state index is 0.137. The van der Waals surface area contributed by atoms with E-state index in [-0.39, 0.29) is 19.8 Å². The van der Waals surface area contributed by atoms with Crippen molar-refractivity contribution in [2.75, 3.05) is 19.8 Å². The molecule has 1 aliphatic heterocycles. The normalized spacial score (nSPS) is 16.7. The number of carbonyl (C=O) groups is 1. The summed E-state index contributed by atoms with van der Waals surface area (Å²) in [5.41, 5.74) is 1.62. The van der Waals surface area contributed by atoms with Crippen LogP contribution in [-0.4, -0.2) is 26.0 Å². The van der Waals surface area contributed by atoms with E-state index in [9.17, 15) is 4.79 Å². The summed E-state index contributed by atoms with van der Waals surface area (Å²) in [4.78, 5) is 12.3. The maximum Gasteiger partial charge on any atom is 0.512 e. The molecule has 0 radical (unpaired) electrons. The van der Waals surface area contributed by atoms with E-state index in [2.05, 4.69) is 0 Å². The van der Waals surface area contributed by atoms with Gasteiger partial charge in [-0.15, -0.1) is 0 Å². The summed E-state index contributed by atoms with van der Waals surface area (Å²) in [6, 6.07) is 21.6. The summed E-state index contributed by atoms with van der Waals surface area (Å²) < 4.78 is 23.0. The number of rotatable bonds is 5. The number of hydrogen-bond acceptors (Lipinski definition) is 5. The van der Waals surface area contributed by atoms with Crippen LogP contribution in [0.2, 0.25) is 15.1 Å². The third-order valence-corrected chi connectivity index (χ3v) is 6.24. The molecule has 8 heteroatoms. The molecule has 172 valence electrons. The summed E-state index contributed by atoms with van der Waals surface area (Å²) in [6.45, 7) is 2.11. The fourth-order valence-corrected chi connectivity index (χ4v) is 4.13. The standard InChI is InChI=1S/C25H21Cl3O5/c1-2-30-23(29)33-25(19-7-13-22(28)14-8-19)31-15-24(16-32-25,17-3-9-20(26)10-4-17)18-5-11-21(27)12-6-18/h3-14H,2,15-16H2,1H3. The molecule has 1 aliphatic rings. The molecule has 0 amide bonds. The van der Waals surface area contributed by atoms with Crippen LogP contribution in [0.3, 0.4) is 0 Å². The van der Waals surface area contributed by atoms with Crippen LogP contribution in [0.5, 0.6) is 0 Å². The van der Waals surface area contributed by atoms with Gasteiger partial charge >= 0.3 is 12.1 Å². The van der Waals surface area contributed by atoms with Gasteiger partial charge in [0.15, 0.2) is 0 Å². The van der Waals surface area contributed by atoms with Crippen molar-refractivity contribution in [3.8, 4) is 0 Å². The summed E-state index contributed by atoms with van der Waals surface area (Å²) in [5, 5.41) is 1.75. The zero-order valence-electron chi connectivity index (χ0n) is 17.7. The van der Waals surface area contributed by atoms with Crippen molar-refractivity contribution in [3.63, 3.8) is 0 Å². The molecule has 0 N–H and O–H groups in total. The van der Waals surface area contributed by atoms with Gasteiger partial charge in [0, 0.05) is 15.1 Å². The maximum absolute atomic E-state index is 12.3. The monoisotopic (exact) mass is 506 g/mol. The Labute approximate surface area is 207 Å². The molecule has 33 heavy (non-hydrogen) atoms. The smallest absolute Gasteiger partial charge is 0.434 e. The SMILES string of the molecule is CCOC(=O)OC1(c2ccc(Cl)cc2)OCC(c2ccc(Cl)cc2)(c2ccc(Cl)cc2)CO1. The lowest BCUT2D eigenvalue weighted by atomic mass is 9.75. The summed E-state index contributed by atoms with van der Waals surface area (Å²) in [7, 11) is 0. The van der Waals surface area contributed by atoms with E-state index < -0.39 is 17.5 Å². The lowest BCUT2D eigenvalue weighted by Crippen LogP contribution is -2.52. The topological polar surface area (TPSA) is 54.0 Å². The zero-order valence-corrected chi connectivity index (χ0v) is 20.0. The van der Waals surface area contributed by atoms with Gasteiger partial charge in [-0.2, -0.15) is 0 Å². The predicted octanol–water partition coefficient (Wildman–Crippen LogP) is 6.96. The largest absolute Gasteiger partial charge is 0.512 e. The number of carbonyl (C=O) groups excluding carboxylic acids is 1. The number of ether oxygens (including phenoxy) is 4. The van der Waals surface area contributed by atoms with Crippen LogP contribution in [-0.2, 0) is 30.3 Å². The van der Waals surface area contributed by atoms with Gasteiger partial charge in [0.2, 0.25) is 0 Å². The number of hydrogen-bond donors (Lipinski definition) is 0. The summed E-state index contributed by atoms with van der Waals surface area (Å²) in [6.07, 6.45) is -0.905. The van der Waals surface area contributed by atoms with Gasteiger partial charge in [-0.25, -0.2) is 4.79 Å². The summed E-state index contributed by atoms with van der Waals surface area (Å²) >= 11 is 18.3. The van der Waals surface area contributed by atoms with Crippen LogP contribution in [0.25, 0.3) is 0 Å². The van der Waals surface area contributed by atoms with Crippen molar-refractivity contribution in [2.24, 2.45) is 0 Å².